The fourth-order valence-corrected chi connectivity index (χ4v) is 3.04. The molecule has 1 aromatic rings. The van der Waals surface area contributed by atoms with Crippen LogP contribution in [0, 0.1) is 5.92 Å². The number of benzene rings is 1. The summed E-state index contributed by atoms with van der Waals surface area (Å²) >= 11 is 2.42. The fraction of sp³-hybridized carbons (Fsp3) is 0.400. The summed E-state index contributed by atoms with van der Waals surface area (Å²) < 4.78 is 0.634. The third kappa shape index (κ3) is 1.38. The van der Waals surface area contributed by atoms with Crippen LogP contribution in [0.25, 0.3) is 0 Å². The van der Waals surface area contributed by atoms with Crippen LogP contribution in [0.2, 0.25) is 0 Å². The highest BCUT2D eigenvalue weighted by atomic mass is 127. The molecule has 0 unspecified atom stereocenters. The van der Waals surface area contributed by atoms with E-state index in [4.69, 9.17) is 5.11 Å². The first-order chi connectivity index (χ1) is 5.84. The Balaban J connectivity index is 2.14. The smallest absolute Gasteiger partial charge is 0.0475 e. The molecule has 64 valence electrons. The highest BCUT2D eigenvalue weighted by Gasteiger charge is 2.48. The van der Waals surface area contributed by atoms with Gasteiger partial charge in [-0.1, -0.05) is 52.9 Å². The van der Waals surface area contributed by atoms with Crippen LogP contribution in [0.3, 0.4) is 0 Å². The van der Waals surface area contributed by atoms with Crippen LogP contribution in [0.1, 0.15) is 11.5 Å². The lowest BCUT2D eigenvalue weighted by Crippen LogP contribution is -1.88. The van der Waals surface area contributed by atoms with Gasteiger partial charge in [0, 0.05) is 22.4 Å². The SMILES string of the molecule is OC[C@H]1[C@H](I)[C@@H]1c1ccccc1. The number of rotatable bonds is 2. The van der Waals surface area contributed by atoms with Crippen molar-refractivity contribution < 1.29 is 5.11 Å². The van der Waals surface area contributed by atoms with Crippen molar-refractivity contribution in [2.75, 3.05) is 6.61 Å². The zero-order chi connectivity index (χ0) is 8.55. The molecule has 2 heteroatoms. The molecule has 1 aliphatic carbocycles. The van der Waals surface area contributed by atoms with Crippen molar-refractivity contribution in [3.63, 3.8) is 0 Å². The molecule has 1 saturated carbocycles. The van der Waals surface area contributed by atoms with Crippen LogP contribution in [0.4, 0.5) is 0 Å². The summed E-state index contributed by atoms with van der Waals surface area (Å²) in [6.45, 7) is 0.327. The van der Waals surface area contributed by atoms with Crippen LogP contribution < -0.4 is 0 Å². The minimum absolute atomic E-state index is 0.327. The van der Waals surface area contributed by atoms with Gasteiger partial charge in [-0.3, -0.25) is 0 Å². The van der Waals surface area contributed by atoms with Crippen molar-refractivity contribution in [2.45, 2.75) is 9.84 Å². The number of alkyl halides is 1. The second kappa shape index (κ2) is 3.34. The van der Waals surface area contributed by atoms with E-state index in [1.165, 1.54) is 5.56 Å². The van der Waals surface area contributed by atoms with Gasteiger partial charge >= 0.3 is 0 Å². The molecule has 0 aliphatic heterocycles. The number of aliphatic hydroxyl groups is 1. The van der Waals surface area contributed by atoms with Crippen LogP contribution in [0.5, 0.6) is 0 Å². The van der Waals surface area contributed by atoms with Gasteiger partial charge in [0.1, 0.15) is 0 Å². The zero-order valence-electron chi connectivity index (χ0n) is 6.65. The Morgan fingerprint density at radius 1 is 1.25 bits per heavy atom. The lowest BCUT2D eigenvalue weighted by Gasteiger charge is -1.96. The molecule has 0 radical (unpaired) electrons. The first-order valence-electron chi connectivity index (χ1n) is 4.14. The van der Waals surface area contributed by atoms with Gasteiger partial charge in [0.2, 0.25) is 0 Å². The summed E-state index contributed by atoms with van der Waals surface area (Å²) in [6.07, 6.45) is 0. The van der Waals surface area contributed by atoms with Gasteiger partial charge in [-0.2, -0.15) is 0 Å². The second-order valence-electron chi connectivity index (χ2n) is 3.23. The Hall–Kier alpha value is -0.0900. The monoisotopic (exact) mass is 274 g/mol. The van der Waals surface area contributed by atoms with E-state index >= 15 is 0 Å². The number of aliphatic hydroxyl groups excluding tert-OH is 1. The molecule has 3 atom stereocenters. The molecule has 12 heavy (non-hydrogen) atoms. The van der Waals surface area contributed by atoms with Crippen LogP contribution in [-0.4, -0.2) is 15.6 Å². The molecule has 0 aromatic heterocycles. The van der Waals surface area contributed by atoms with Gasteiger partial charge in [0.25, 0.3) is 0 Å². The molecule has 0 amide bonds. The van der Waals surface area contributed by atoms with Crippen molar-refractivity contribution in [3.8, 4) is 0 Å². The maximum Gasteiger partial charge on any atom is 0.0475 e. The minimum atomic E-state index is 0.327. The second-order valence-corrected chi connectivity index (χ2v) is 4.67. The van der Waals surface area contributed by atoms with E-state index in [1.807, 2.05) is 6.07 Å². The predicted octanol–water partition coefficient (Wildman–Crippen LogP) is 2.20. The topological polar surface area (TPSA) is 20.2 Å². The van der Waals surface area contributed by atoms with Gasteiger partial charge in [0.05, 0.1) is 0 Å². The summed E-state index contributed by atoms with van der Waals surface area (Å²) in [4.78, 5) is 0. The first-order valence-corrected chi connectivity index (χ1v) is 5.39. The van der Waals surface area contributed by atoms with Gasteiger partial charge < -0.3 is 5.11 Å². The summed E-state index contributed by atoms with van der Waals surface area (Å²) in [6, 6.07) is 10.4. The molecule has 1 aliphatic rings. The van der Waals surface area contributed by atoms with E-state index in [2.05, 4.69) is 46.9 Å². The number of hydrogen-bond acceptors (Lipinski definition) is 1. The highest BCUT2D eigenvalue weighted by molar-refractivity contribution is 14.1. The van der Waals surface area contributed by atoms with Gasteiger partial charge in [-0.15, -0.1) is 0 Å². The van der Waals surface area contributed by atoms with Crippen molar-refractivity contribution in [3.05, 3.63) is 35.9 Å². The third-order valence-electron chi connectivity index (χ3n) is 2.47. The normalized spacial score (nSPS) is 33.3. The highest BCUT2D eigenvalue weighted by Crippen LogP contribution is 2.52. The van der Waals surface area contributed by atoms with E-state index in [0.717, 1.165) is 0 Å². The molecule has 0 heterocycles. The van der Waals surface area contributed by atoms with Gasteiger partial charge in [-0.25, -0.2) is 0 Å². The molecule has 0 saturated heterocycles. The van der Waals surface area contributed by atoms with E-state index in [9.17, 15) is 0 Å². The Labute approximate surface area is 85.9 Å². The Kier molecular flexibility index (Phi) is 2.37. The standard InChI is InChI=1S/C10H11IO/c11-10-8(6-12)9(10)7-4-2-1-3-5-7/h1-5,8-10,12H,6H2/t8-,9-,10+/m1/s1. The molecule has 0 spiro atoms. The molecule has 1 nitrogen and oxygen atoms in total. The number of halogens is 1. The molecule has 0 bridgehead atoms. The minimum Gasteiger partial charge on any atom is -0.396 e. The van der Waals surface area contributed by atoms with Gasteiger partial charge in [-0.05, 0) is 5.56 Å². The van der Waals surface area contributed by atoms with E-state index < -0.39 is 0 Å². The molecule has 2 rings (SSSR count). The number of hydrogen-bond donors (Lipinski definition) is 1. The van der Waals surface area contributed by atoms with Crippen molar-refractivity contribution in [1.82, 2.24) is 0 Å². The Morgan fingerprint density at radius 2 is 1.92 bits per heavy atom. The van der Waals surface area contributed by atoms with E-state index in [1.54, 1.807) is 0 Å². The zero-order valence-corrected chi connectivity index (χ0v) is 8.81. The average molecular weight is 274 g/mol. The molecular formula is C10H11IO. The summed E-state index contributed by atoms with van der Waals surface area (Å²) in [7, 11) is 0. The summed E-state index contributed by atoms with van der Waals surface area (Å²) in [5, 5.41) is 9.00. The van der Waals surface area contributed by atoms with Crippen molar-refractivity contribution in [2.24, 2.45) is 5.92 Å². The Morgan fingerprint density at radius 3 is 2.42 bits per heavy atom. The fourth-order valence-electron chi connectivity index (χ4n) is 1.65. The van der Waals surface area contributed by atoms with Crippen LogP contribution >= 0.6 is 22.6 Å². The first kappa shape index (κ1) is 8.51. The Bertz CT molecular complexity index is 260. The van der Waals surface area contributed by atoms with E-state index in [-0.39, 0.29) is 0 Å². The van der Waals surface area contributed by atoms with Crippen molar-refractivity contribution in [1.29, 1.82) is 0 Å². The summed E-state index contributed by atoms with van der Waals surface area (Å²) in [5.74, 6) is 1.09. The molecule has 1 N–H and O–H groups in total. The summed E-state index contributed by atoms with van der Waals surface area (Å²) in [5.41, 5.74) is 1.37. The molecule has 1 fully saturated rings. The van der Waals surface area contributed by atoms with Crippen LogP contribution in [0.15, 0.2) is 30.3 Å². The third-order valence-corrected chi connectivity index (χ3v) is 4.17. The quantitative estimate of drug-likeness (QED) is 0.647. The van der Waals surface area contributed by atoms with E-state index in [0.29, 0.717) is 22.4 Å². The largest absolute Gasteiger partial charge is 0.396 e. The molecular weight excluding hydrogens is 263 g/mol. The van der Waals surface area contributed by atoms with Crippen molar-refractivity contribution >= 4 is 22.6 Å². The predicted molar refractivity (Wildman–Crippen MR) is 57.6 cm³/mol. The maximum absolute atomic E-state index is 9.00. The maximum atomic E-state index is 9.00. The lowest BCUT2D eigenvalue weighted by atomic mass is 10.1. The molecule has 1 aromatic carbocycles. The van der Waals surface area contributed by atoms with Gasteiger partial charge in [0.15, 0.2) is 0 Å². The van der Waals surface area contributed by atoms with Crippen LogP contribution in [-0.2, 0) is 0 Å². The lowest BCUT2D eigenvalue weighted by molar-refractivity contribution is 0.275. The average Bonchev–Trinajstić information content (AvgIpc) is 2.78.